The van der Waals surface area contributed by atoms with Gasteiger partial charge >= 0.3 is 0 Å². The molecule has 0 fully saturated rings. The summed E-state index contributed by atoms with van der Waals surface area (Å²) < 4.78 is 1.85. The number of benzene rings is 1. The third kappa shape index (κ3) is 2.82. The van der Waals surface area contributed by atoms with Crippen LogP contribution in [0.5, 0.6) is 0 Å². The molecule has 3 N–H and O–H groups in total. The molecule has 19 heavy (non-hydrogen) atoms. The van der Waals surface area contributed by atoms with Crippen LogP contribution in [0.3, 0.4) is 0 Å². The van der Waals surface area contributed by atoms with Crippen LogP contribution in [-0.4, -0.2) is 22.0 Å². The summed E-state index contributed by atoms with van der Waals surface area (Å²) in [5, 5.41) is 2.92. The Hall–Kier alpha value is -2.14. The lowest BCUT2D eigenvalue weighted by molar-refractivity contribution is -0.123. The second-order valence-corrected chi connectivity index (χ2v) is 5.03. The Kier molecular flexibility index (Phi) is 3.66. The van der Waals surface area contributed by atoms with Crippen LogP contribution in [0.4, 0.5) is 5.69 Å². The molecule has 0 saturated carbocycles. The quantitative estimate of drug-likeness (QED) is 0.878. The van der Waals surface area contributed by atoms with Crippen molar-refractivity contribution in [3.8, 4) is 5.69 Å². The van der Waals surface area contributed by atoms with Crippen molar-refractivity contribution in [3.05, 3.63) is 43.0 Å². The predicted molar refractivity (Wildman–Crippen MR) is 75.0 cm³/mol. The standard InChI is InChI=1S/C14H18N4O/c1-14(2,9-15)13(19)17-11-5-3-4-6-12(11)18-8-7-16-10-18/h3-8,10H,9,15H2,1-2H3,(H,17,19). The first-order valence-electron chi connectivity index (χ1n) is 6.13. The molecule has 0 bridgehead atoms. The molecule has 1 aromatic carbocycles. The molecule has 0 radical (unpaired) electrons. The molecule has 0 unspecified atom stereocenters. The van der Waals surface area contributed by atoms with Crippen LogP contribution in [0.2, 0.25) is 0 Å². The Morgan fingerprint density at radius 1 is 1.42 bits per heavy atom. The highest BCUT2D eigenvalue weighted by molar-refractivity contribution is 5.96. The number of para-hydroxylation sites is 2. The summed E-state index contributed by atoms with van der Waals surface area (Å²) in [6.45, 7) is 3.94. The molecule has 5 heteroatoms. The number of amides is 1. The first-order valence-corrected chi connectivity index (χ1v) is 6.13. The van der Waals surface area contributed by atoms with E-state index in [1.54, 1.807) is 12.5 Å². The monoisotopic (exact) mass is 258 g/mol. The van der Waals surface area contributed by atoms with Crippen molar-refractivity contribution < 1.29 is 4.79 Å². The molecule has 0 aliphatic rings. The number of carbonyl (C=O) groups excluding carboxylic acids is 1. The minimum atomic E-state index is -0.595. The van der Waals surface area contributed by atoms with Crippen molar-refractivity contribution >= 4 is 11.6 Å². The van der Waals surface area contributed by atoms with E-state index in [1.807, 2.05) is 48.9 Å². The number of hydrogen-bond acceptors (Lipinski definition) is 3. The van der Waals surface area contributed by atoms with E-state index in [4.69, 9.17) is 5.73 Å². The summed E-state index contributed by atoms with van der Waals surface area (Å²) in [6, 6.07) is 7.58. The van der Waals surface area contributed by atoms with Gasteiger partial charge in [0.25, 0.3) is 0 Å². The topological polar surface area (TPSA) is 72.9 Å². The van der Waals surface area contributed by atoms with Gasteiger partial charge in [-0.15, -0.1) is 0 Å². The first kappa shape index (κ1) is 13.3. The second kappa shape index (κ2) is 5.24. The molecule has 0 saturated heterocycles. The molecule has 2 rings (SSSR count). The van der Waals surface area contributed by atoms with Gasteiger partial charge in [0.2, 0.25) is 5.91 Å². The molecule has 1 aromatic heterocycles. The fourth-order valence-corrected chi connectivity index (χ4v) is 1.59. The molecule has 100 valence electrons. The molecule has 2 aromatic rings. The number of hydrogen-bond donors (Lipinski definition) is 2. The SMILES string of the molecule is CC(C)(CN)C(=O)Nc1ccccc1-n1ccnc1. The Balaban J connectivity index is 2.29. The maximum atomic E-state index is 12.2. The Bertz CT molecular complexity index is 561. The smallest absolute Gasteiger partial charge is 0.231 e. The van der Waals surface area contributed by atoms with Crippen molar-refractivity contribution in [1.82, 2.24) is 9.55 Å². The zero-order valence-electron chi connectivity index (χ0n) is 11.1. The maximum Gasteiger partial charge on any atom is 0.231 e. The van der Waals surface area contributed by atoms with Crippen LogP contribution in [-0.2, 0) is 4.79 Å². The van der Waals surface area contributed by atoms with Gasteiger partial charge in [-0.05, 0) is 26.0 Å². The highest BCUT2D eigenvalue weighted by atomic mass is 16.2. The summed E-state index contributed by atoms with van der Waals surface area (Å²) in [5.41, 5.74) is 6.64. The van der Waals surface area contributed by atoms with Gasteiger partial charge in [0.15, 0.2) is 0 Å². The van der Waals surface area contributed by atoms with Gasteiger partial charge in [0, 0.05) is 18.9 Å². The fraction of sp³-hybridized carbons (Fsp3) is 0.286. The molecule has 1 heterocycles. The van der Waals surface area contributed by atoms with Gasteiger partial charge in [0.1, 0.15) is 0 Å². The highest BCUT2D eigenvalue weighted by Gasteiger charge is 2.26. The summed E-state index contributed by atoms with van der Waals surface area (Å²) in [4.78, 5) is 16.2. The van der Waals surface area contributed by atoms with Crippen molar-refractivity contribution in [2.24, 2.45) is 11.1 Å². The normalized spacial score (nSPS) is 11.3. The van der Waals surface area contributed by atoms with E-state index in [-0.39, 0.29) is 5.91 Å². The average Bonchev–Trinajstić information content (AvgIpc) is 2.93. The number of aromatic nitrogens is 2. The molecule has 1 amide bonds. The summed E-state index contributed by atoms with van der Waals surface area (Å²) >= 11 is 0. The number of anilines is 1. The third-order valence-electron chi connectivity index (χ3n) is 3.06. The van der Waals surface area contributed by atoms with E-state index in [2.05, 4.69) is 10.3 Å². The molecule has 5 nitrogen and oxygen atoms in total. The number of nitrogens with zero attached hydrogens (tertiary/aromatic N) is 2. The second-order valence-electron chi connectivity index (χ2n) is 5.03. The molecule has 0 atom stereocenters. The molecule has 0 aliphatic heterocycles. The van der Waals surface area contributed by atoms with E-state index in [0.29, 0.717) is 6.54 Å². The summed E-state index contributed by atoms with van der Waals surface area (Å²) in [7, 11) is 0. The van der Waals surface area contributed by atoms with Crippen LogP contribution in [0.25, 0.3) is 5.69 Å². The van der Waals surface area contributed by atoms with Gasteiger partial charge in [-0.25, -0.2) is 4.98 Å². The molecule has 0 spiro atoms. The number of imidazole rings is 1. The van der Waals surface area contributed by atoms with Crippen molar-refractivity contribution in [1.29, 1.82) is 0 Å². The highest BCUT2D eigenvalue weighted by Crippen LogP contribution is 2.22. The molecule has 0 aliphatic carbocycles. The average molecular weight is 258 g/mol. The maximum absolute atomic E-state index is 12.2. The van der Waals surface area contributed by atoms with Gasteiger partial charge in [-0.2, -0.15) is 0 Å². The van der Waals surface area contributed by atoms with Gasteiger partial charge < -0.3 is 15.6 Å². The number of nitrogens with one attached hydrogen (secondary N) is 1. The minimum Gasteiger partial charge on any atom is -0.329 e. The van der Waals surface area contributed by atoms with Crippen LogP contribution in [0, 0.1) is 5.41 Å². The summed E-state index contributed by atoms with van der Waals surface area (Å²) in [6.07, 6.45) is 5.22. The van der Waals surface area contributed by atoms with Crippen LogP contribution < -0.4 is 11.1 Å². The Morgan fingerprint density at radius 3 is 2.79 bits per heavy atom. The van der Waals surface area contributed by atoms with E-state index in [0.717, 1.165) is 11.4 Å². The Labute approximate surface area is 112 Å². The summed E-state index contributed by atoms with van der Waals surface area (Å²) in [5.74, 6) is -0.0948. The van der Waals surface area contributed by atoms with Gasteiger partial charge in [0.05, 0.1) is 23.1 Å². The van der Waals surface area contributed by atoms with E-state index < -0.39 is 5.41 Å². The first-order chi connectivity index (χ1) is 9.04. The number of rotatable bonds is 4. The number of carbonyl (C=O) groups is 1. The van der Waals surface area contributed by atoms with E-state index >= 15 is 0 Å². The third-order valence-corrected chi connectivity index (χ3v) is 3.06. The fourth-order valence-electron chi connectivity index (χ4n) is 1.59. The van der Waals surface area contributed by atoms with Crippen molar-refractivity contribution in [3.63, 3.8) is 0 Å². The van der Waals surface area contributed by atoms with Gasteiger partial charge in [-0.1, -0.05) is 12.1 Å². The Morgan fingerprint density at radius 2 is 2.16 bits per heavy atom. The van der Waals surface area contributed by atoms with E-state index in [1.165, 1.54) is 0 Å². The van der Waals surface area contributed by atoms with Crippen LogP contribution in [0.15, 0.2) is 43.0 Å². The zero-order chi connectivity index (χ0) is 13.9. The van der Waals surface area contributed by atoms with Crippen molar-refractivity contribution in [2.75, 3.05) is 11.9 Å². The predicted octanol–water partition coefficient (Wildman–Crippen LogP) is 1.80. The van der Waals surface area contributed by atoms with Crippen LogP contribution in [0.1, 0.15) is 13.8 Å². The lowest BCUT2D eigenvalue weighted by Gasteiger charge is -2.22. The largest absolute Gasteiger partial charge is 0.329 e. The van der Waals surface area contributed by atoms with Gasteiger partial charge in [-0.3, -0.25) is 4.79 Å². The van der Waals surface area contributed by atoms with Crippen molar-refractivity contribution in [2.45, 2.75) is 13.8 Å². The van der Waals surface area contributed by atoms with Crippen LogP contribution >= 0.6 is 0 Å². The lowest BCUT2D eigenvalue weighted by Crippen LogP contribution is -2.37. The van der Waals surface area contributed by atoms with E-state index in [9.17, 15) is 4.79 Å². The molecular weight excluding hydrogens is 240 g/mol. The lowest BCUT2D eigenvalue weighted by atomic mass is 9.92. The zero-order valence-corrected chi connectivity index (χ0v) is 11.1. The molecular formula is C14H18N4O. The number of nitrogens with two attached hydrogens (primary N) is 1. The minimum absolute atomic E-state index is 0.0948.